The lowest BCUT2D eigenvalue weighted by Gasteiger charge is -2.04. The van der Waals surface area contributed by atoms with E-state index >= 15 is 0 Å². The molecule has 0 fully saturated rings. The minimum absolute atomic E-state index is 0.110. The summed E-state index contributed by atoms with van der Waals surface area (Å²) in [5.74, 6) is 5.35. The van der Waals surface area contributed by atoms with Crippen molar-refractivity contribution in [3.63, 3.8) is 0 Å². The minimum Gasteiger partial charge on any atom is -0.468 e. The highest BCUT2D eigenvalue weighted by Gasteiger charge is 1.99. The summed E-state index contributed by atoms with van der Waals surface area (Å²) in [6, 6.07) is 3.82. The predicted molar refractivity (Wildman–Crippen MR) is 63.8 cm³/mol. The van der Waals surface area contributed by atoms with Crippen molar-refractivity contribution in [2.75, 3.05) is 12.8 Å². The van der Waals surface area contributed by atoms with Crippen LogP contribution in [-0.4, -0.2) is 13.1 Å². The molecular formula is C13H15NO2. The van der Waals surface area contributed by atoms with Crippen molar-refractivity contribution in [2.24, 2.45) is 0 Å². The van der Waals surface area contributed by atoms with E-state index in [1.54, 1.807) is 0 Å². The molecule has 3 heteroatoms. The molecule has 16 heavy (non-hydrogen) atoms. The Bertz CT molecular complexity index is 444. The molecule has 0 spiro atoms. The monoisotopic (exact) mass is 217 g/mol. The number of rotatable bonds is 1. The van der Waals surface area contributed by atoms with E-state index in [-0.39, 0.29) is 12.4 Å². The van der Waals surface area contributed by atoms with E-state index in [1.807, 2.05) is 26.0 Å². The van der Waals surface area contributed by atoms with Gasteiger partial charge < -0.3 is 10.5 Å². The molecule has 1 aromatic carbocycles. The Labute approximate surface area is 95.6 Å². The van der Waals surface area contributed by atoms with Gasteiger partial charge in [-0.15, -0.1) is 0 Å². The highest BCUT2D eigenvalue weighted by molar-refractivity contribution is 5.72. The molecule has 3 nitrogen and oxygen atoms in total. The van der Waals surface area contributed by atoms with Gasteiger partial charge in [-0.2, -0.15) is 0 Å². The summed E-state index contributed by atoms with van der Waals surface area (Å²) < 4.78 is 4.49. The summed E-state index contributed by atoms with van der Waals surface area (Å²) in [5.41, 5.74) is 9.49. The Hall–Kier alpha value is -1.95. The first-order valence-electron chi connectivity index (χ1n) is 4.97. The smallest absolute Gasteiger partial charge is 0.317 e. The lowest BCUT2D eigenvalue weighted by Crippen LogP contribution is -1.97. The van der Waals surface area contributed by atoms with Crippen LogP contribution >= 0.6 is 0 Å². The summed E-state index contributed by atoms with van der Waals surface area (Å²) in [4.78, 5) is 10.8. The molecule has 0 bridgehead atoms. The average Bonchev–Trinajstić information content (AvgIpc) is 2.25. The van der Waals surface area contributed by atoms with Crippen molar-refractivity contribution >= 4 is 11.7 Å². The molecule has 0 saturated heterocycles. The van der Waals surface area contributed by atoms with Gasteiger partial charge >= 0.3 is 5.97 Å². The van der Waals surface area contributed by atoms with Crippen LogP contribution in [-0.2, 0) is 9.53 Å². The molecule has 0 unspecified atom stereocenters. The second kappa shape index (κ2) is 5.22. The Balaban J connectivity index is 2.86. The Morgan fingerprint density at radius 1 is 1.38 bits per heavy atom. The summed E-state index contributed by atoms with van der Waals surface area (Å²) >= 11 is 0. The zero-order valence-electron chi connectivity index (χ0n) is 9.76. The lowest BCUT2D eigenvalue weighted by atomic mass is 10.0. The fraction of sp³-hybridized carbons (Fsp3) is 0.308. The third-order valence-electron chi connectivity index (χ3n) is 2.29. The number of benzene rings is 1. The molecular weight excluding hydrogens is 202 g/mol. The zero-order chi connectivity index (χ0) is 12.1. The highest BCUT2D eigenvalue weighted by Crippen LogP contribution is 2.17. The molecule has 1 aromatic rings. The van der Waals surface area contributed by atoms with E-state index in [2.05, 4.69) is 16.6 Å². The van der Waals surface area contributed by atoms with Gasteiger partial charge in [-0.3, -0.25) is 4.79 Å². The van der Waals surface area contributed by atoms with Gasteiger partial charge in [0.05, 0.1) is 7.11 Å². The summed E-state index contributed by atoms with van der Waals surface area (Å²) in [5, 5.41) is 0. The van der Waals surface area contributed by atoms with Gasteiger partial charge in [-0.1, -0.05) is 11.8 Å². The number of hydrogen-bond donors (Lipinski definition) is 1. The van der Waals surface area contributed by atoms with Crippen molar-refractivity contribution in [1.82, 2.24) is 0 Å². The van der Waals surface area contributed by atoms with Gasteiger partial charge in [0.1, 0.15) is 6.42 Å². The topological polar surface area (TPSA) is 52.3 Å². The summed E-state index contributed by atoms with van der Waals surface area (Å²) in [6.45, 7) is 3.88. The van der Waals surface area contributed by atoms with Crippen molar-refractivity contribution in [1.29, 1.82) is 0 Å². The number of esters is 1. The molecule has 0 aromatic heterocycles. The second-order valence-electron chi connectivity index (χ2n) is 3.58. The Morgan fingerprint density at radius 2 is 1.94 bits per heavy atom. The van der Waals surface area contributed by atoms with E-state index < -0.39 is 0 Å². The Morgan fingerprint density at radius 3 is 2.44 bits per heavy atom. The standard InChI is InChI=1S/C13H15NO2/c1-9-7-11(8-10(2)13(9)14)5-4-6-12(15)16-3/h7-8H,6,14H2,1-3H3. The molecule has 0 heterocycles. The number of anilines is 1. The summed E-state index contributed by atoms with van der Waals surface area (Å²) in [7, 11) is 1.35. The number of methoxy groups -OCH3 is 1. The molecule has 1 rings (SSSR count). The van der Waals surface area contributed by atoms with E-state index in [1.165, 1.54) is 7.11 Å². The predicted octanol–water partition coefficient (Wildman–Crippen LogP) is 1.80. The normalized spacial score (nSPS) is 9.19. The molecule has 0 radical (unpaired) electrons. The van der Waals surface area contributed by atoms with E-state index in [9.17, 15) is 4.79 Å². The maximum Gasteiger partial charge on any atom is 0.317 e. The quantitative estimate of drug-likeness (QED) is 0.443. The Kier molecular flexibility index (Phi) is 3.96. The second-order valence-corrected chi connectivity index (χ2v) is 3.58. The molecule has 0 amide bonds. The van der Waals surface area contributed by atoms with Crippen LogP contribution in [0, 0.1) is 25.7 Å². The van der Waals surface area contributed by atoms with Crippen LogP contribution in [0.15, 0.2) is 12.1 Å². The SMILES string of the molecule is COC(=O)CC#Cc1cc(C)c(N)c(C)c1. The van der Waals surface area contributed by atoms with Gasteiger partial charge in [0.15, 0.2) is 0 Å². The number of carbonyl (C=O) groups excluding carboxylic acids is 1. The first kappa shape index (κ1) is 12.1. The highest BCUT2D eigenvalue weighted by atomic mass is 16.5. The number of aryl methyl sites for hydroxylation is 2. The van der Waals surface area contributed by atoms with Crippen LogP contribution < -0.4 is 5.73 Å². The number of carbonyl (C=O) groups is 1. The summed E-state index contributed by atoms with van der Waals surface area (Å²) in [6.07, 6.45) is 0.110. The number of nitrogens with two attached hydrogens (primary N) is 1. The van der Waals surface area contributed by atoms with Crippen LogP contribution in [0.1, 0.15) is 23.1 Å². The van der Waals surface area contributed by atoms with Gasteiger partial charge in [0.25, 0.3) is 0 Å². The number of hydrogen-bond acceptors (Lipinski definition) is 3. The lowest BCUT2D eigenvalue weighted by molar-refractivity contribution is -0.139. The van der Waals surface area contributed by atoms with Crippen LogP contribution in [0.5, 0.6) is 0 Å². The average molecular weight is 217 g/mol. The van der Waals surface area contributed by atoms with Gasteiger partial charge in [-0.25, -0.2) is 0 Å². The van der Waals surface area contributed by atoms with E-state index in [4.69, 9.17) is 5.73 Å². The number of ether oxygens (including phenoxy) is 1. The van der Waals surface area contributed by atoms with Crippen molar-refractivity contribution < 1.29 is 9.53 Å². The third kappa shape index (κ3) is 3.03. The van der Waals surface area contributed by atoms with Crippen molar-refractivity contribution in [3.05, 3.63) is 28.8 Å². The fourth-order valence-corrected chi connectivity index (χ4v) is 1.34. The molecule has 0 aliphatic carbocycles. The van der Waals surface area contributed by atoms with E-state index in [0.717, 1.165) is 22.4 Å². The van der Waals surface area contributed by atoms with E-state index in [0.29, 0.717) is 0 Å². The first-order chi connectivity index (χ1) is 7.54. The molecule has 84 valence electrons. The zero-order valence-corrected chi connectivity index (χ0v) is 9.76. The maximum absolute atomic E-state index is 10.8. The largest absolute Gasteiger partial charge is 0.468 e. The van der Waals surface area contributed by atoms with Crippen LogP contribution in [0.3, 0.4) is 0 Å². The minimum atomic E-state index is -0.323. The molecule has 0 atom stereocenters. The molecule has 2 N–H and O–H groups in total. The van der Waals surface area contributed by atoms with Crippen LogP contribution in [0.4, 0.5) is 5.69 Å². The third-order valence-corrected chi connectivity index (χ3v) is 2.29. The van der Waals surface area contributed by atoms with Crippen LogP contribution in [0.2, 0.25) is 0 Å². The maximum atomic E-state index is 10.8. The van der Waals surface area contributed by atoms with Gasteiger partial charge in [0.2, 0.25) is 0 Å². The van der Waals surface area contributed by atoms with Crippen LogP contribution in [0.25, 0.3) is 0 Å². The first-order valence-corrected chi connectivity index (χ1v) is 4.97. The number of nitrogen functional groups attached to an aromatic ring is 1. The van der Waals surface area contributed by atoms with Gasteiger partial charge in [0, 0.05) is 11.3 Å². The molecule has 0 saturated carbocycles. The van der Waals surface area contributed by atoms with Crippen molar-refractivity contribution in [2.45, 2.75) is 20.3 Å². The molecule has 0 aliphatic heterocycles. The van der Waals surface area contributed by atoms with Gasteiger partial charge in [-0.05, 0) is 37.1 Å². The fourth-order valence-electron chi connectivity index (χ4n) is 1.34. The van der Waals surface area contributed by atoms with Crippen molar-refractivity contribution in [3.8, 4) is 11.8 Å². The molecule has 0 aliphatic rings.